The summed E-state index contributed by atoms with van der Waals surface area (Å²) in [6.07, 6.45) is 4.94. The first kappa shape index (κ1) is 18.2. The number of likely N-dealkylation sites (N-methyl/N-ethyl adjacent to an activating group) is 1. The van der Waals surface area contributed by atoms with E-state index in [4.69, 9.17) is 4.74 Å². The minimum Gasteiger partial charge on any atom is -0.376 e. The van der Waals surface area contributed by atoms with Crippen LogP contribution in [0.25, 0.3) is 0 Å². The normalized spacial score (nSPS) is 18.7. The molecule has 0 bridgehead atoms. The summed E-state index contributed by atoms with van der Waals surface area (Å²) in [7, 11) is -3.36. The summed E-state index contributed by atoms with van der Waals surface area (Å²) >= 11 is 0. The predicted molar refractivity (Wildman–Crippen MR) is 90.1 cm³/mol. The van der Waals surface area contributed by atoms with E-state index in [1.54, 1.807) is 6.20 Å². The molecule has 130 valence electrons. The average Bonchev–Trinajstić information content (AvgIpc) is 3.08. The first-order chi connectivity index (χ1) is 10.8. The van der Waals surface area contributed by atoms with Crippen molar-refractivity contribution in [2.24, 2.45) is 0 Å². The van der Waals surface area contributed by atoms with E-state index in [1.807, 2.05) is 11.5 Å². The van der Waals surface area contributed by atoms with Crippen LogP contribution in [0.2, 0.25) is 0 Å². The third-order valence-corrected chi connectivity index (χ3v) is 4.96. The maximum Gasteiger partial charge on any atom is 0.227 e. The van der Waals surface area contributed by atoms with Crippen molar-refractivity contribution in [2.75, 3.05) is 26.0 Å². The Balaban J connectivity index is 2.27. The quantitative estimate of drug-likeness (QED) is 0.675. The van der Waals surface area contributed by atoms with Crippen LogP contribution in [-0.4, -0.2) is 54.9 Å². The highest BCUT2D eigenvalue weighted by Crippen LogP contribution is 2.20. The van der Waals surface area contributed by atoms with E-state index in [0.717, 1.165) is 43.8 Å². The van der Waals surface area contributed by atoms with Crippen molar-refractivity contribution in [3.8, 4) is 0 Å². The molecule has 0 aromatic carbocycles. The lowest BCUT2D eigenvalue weighted by molar-refractivity contribution is 0.0934. The van der Waals surface area contributed by atoms with Gasteiger partial charge < -0.3 is 9.30 Å². The van der Waals surface area contributed by atoms with Crippen molar-refractivity contribution in [2.45, 2.75) is 51.0 Å². The summed E-state index contributed by atoms with van der Waals surface area (Å²) in [5.41, 5.74) is 1.99. The number of aromatic nitrogens is 2. The molecule has 2 rings (SSSR count). The summed E-state index contributed by atoms with van der Waals surface area (Å²) in [5.74, 6) is 0. The molecular weight excluding hydrogens is 314 g/mol. The van der Waals surface area contributed by atoms with Crippen LogP contribution in [0.5, 0.6) is 0 Å². The van der Waals surface area contributed by atoms with Gasteiger partial charge in [0.05, 0.1) is 24.5 Å². The van der Waals surface area contributed by atoms with Crippen molar-refractivity contribution in [3.05, 3.63) is 24.0 Å². The molecule has 1 aliphatic rings. The monoisotopic (exact) mass is 341 g/mol. The Bertz CT molecular complexity index is 646. The molecular formula is C16H27N3O3S. The van der Waals surface area contributed by atoms with Crippen LogP contribution < -0.4 is 0 Å². The van der Waals surface area contributed by atoms with E-state index < -0.39 is 9.84 Å². The van der Waals surface area contributed by atoms with Gasteiger partial charge in [-0.15, -0.1) is 0 Å². The van der Waals surface area contributed by atoms with Crippen LogP contribution in [0, 0.1) is 0 Å². The molecule has 0 radical (unpaired) electrons. The summed E-state index contributed by atoms with van der Waals surface area (Å²) in [6.45, 7) is 11.6. The van der Waals surface area contributed by atoms with E-state index in [9.17, 15) is 8.42 Å². The molecule has 1 atom stereocenters. The summed E-state index contributed by atoms with van der Waals surface area (Å²) in [5, 5.41) is 0.134. The molecule has 1 unspecified atom stereocenters. The van der Waals surface area contributed by atoms with Gasteiger partial charge in [0, 0.05) is 26.0 Å². The second kappa shape index (κ2) is 7.59. The van der Waals surface area contributed by atoms with Crippen molar-refractivity contribution in [1.29, 1.82) is 0 Å². The van der Waals surface area contributed by atoms with E-state index in [0.29, 0.717) is 13.1 Å². The van der Waals surface area contributed by atoms with Gasteiger partial charge in [-0.3, -0.25) is 4.90 Å². The molecule has 0 spiro atoms. The fraction of sp³-hybridized carbons (Fsp3) is 0.688. The number of hydrogen-bond donors (Lipinski definition) is 0. The Labute approximate surface area is 139 Å². The molecule has 7 heteroatoms. The van der Waals surface area contributed by atoms with E-state index in [2.05, 4.69) is 23.4 Å². The molecule has 1 aliphatic heterocycles. The number of ether oxygens (including phenoxy) is 1. The van der Waals surface area contributed by atoms with Crippen molar-refractivity contribution >= 4 is 9.84 Å². The van der Waals surface area contributed by atoms with Gasteiger partial charge in [-0.1, -0.05) is 19.1 Å². The second-order valence-corrected chi connectivity index (χ2v) is 8.22. The van der Waals surface area contributed by atoms with E-state index >= 15 is 0 Å². The van der Waals surface area contributed by atoms with Gasteiger partial charge in [0.1, 0.15) is 0 Å². The first-order valence-corrected chi connectivity index (χ1v) is 9.93. The summed E-state index contributed by atoms with van der Waals surface area (Å²) < 4.78 is 31.5. The zero-order valence-electron chi connectivity index (χ0n) is 14.3. The molecule has 1 aromatic rings. The van der Waals surface area contributed by atoms with Gasteiger partial charge in [-0.25, -0.2) is 13.4 Å². The third kappa shape index (κ3) is 4.89. The second-order valence-electron chi connectivity index (χ2n) is 6.31. The molecule has 23 heavy (non-hydrogen) atoms. The van der Waals surface area contributed by atoms with Gasteiger partial charge in [0.2, 0.25) is 15.0 Å². The Morgan fingerprint density at radius 2 is 2.30 bits per heavy atom. The highest BCUT2D eigenvalue weighted by Gasteiger charge is 2.24. The molecule has 1 aromatic heterocycles. The Hall–Kier alpha value is -1.18. The van der Waals surface area contributed by atoms with E-state index in [-0.39, 0.29) is 11.3 Å². The zero-order chi connectivity index (χ0) is 17.0. The van der Waals surface area contributed by atoms with Gasteiger partial charge in [-0.2, -0.15) is 0 Å². The number of rotatable bonds is 8. The van der Waals surface area contributed by atoms with Gasteiger partial charge in [-0.05, 0) is 26.3 Å². The van der Waals surface area contributed by atoms with Gasteiger partial charge in [0.25, 0.3) is 0 Å². The third-order valence-electron chi connectivity index (χ3n) is 3.97. The van der Waals surface area contributed by atoms with Crippen LogP contribution >= 0.6 is 0 Å². The molecule has 0 N–H and O–H groups in total. The van der Waals surface area contributed by atoms with Crippen LogP contribution in [0.4, 0.5) is 0 Å². The van der Waals surface area contributed by atoms with Gasteiger partial charge in [0.15, 0.2) is 0 Å². The fourth-order valence-electron chi connectivity index (χ4n) is 2.89. The topological polar surface area (TPSA) is 64.4 Å². The van der Waals surface area contributed by atoms with Crippen LogP contribution in [0.15, 0.2) is 23.5 Å². The maximum atomic E-state index is 12.0. The standard InChI is InChI=1S/C16H27N3O3S/c1-5-18(10-13(2)3)11-14-9-17-16(23(4,20)21)19(14)12-15-7-6-8-22-15/h9,15H,2,5-8,10-12H2,1,3-4H3. The van der Waals surface area contributed by atoms with Crippen LogP contribution in [0.3, 0.4) is 0 Å². The highest BCUT2D eigenvalue weighted by atomic mass is 32.2. The largest absolute Gasteiger partial charge is 0.376 e. The van der Waals surface area contributed by atoms with Crippen molar-refractivity contribution in [1.82, 2.24) is 14.5 Å². The minimum atomic E-state index is -3.36. The molecule has 2 heterocycles. The smallest absolute Gasteiger partial charge is 0.227 e. The molecule has 0 amide bonds. The van der Waals surface area contributed by atoms with Crippen LogP contribution in [0.1, 0.15) is 32.4 Å². The molecule has 6 nitrogen and oxygen atoms in total. The molecule has 1 fully saturated rings. The SMILES string of the molecule is C=C(C)CN(CC)Cc1cnc(S(C)(=O)=O)n1CC1CCCO1. The van der Waals surface area contributed by atoms with E-state index in [1.165, 1.54) is 6.26 Å². The number of sulfone groups is 1. The maximum absolute atomic E-state index is 12.0. The Morgan fingerprint density at radius 3 is 2.83 bits per heavy atom. The fourth-order valence-corrected chi connectivity index (χ4v) is 3.73. The van der Waals surface area contributed by atoms with Crippen LogP contribution in [-0.2, 0) is 27.7 Å². The molecule has 1 saturated heterocycles. The number of imidazole rings is 1. The Morgan fingerprint density at radius 1 is 1.57 bits per heavy atom. The van der Waals surface area contributed by atoms with Gasteiger partial charge >= 0.3 is 0 Å². The lowest BCUT2D eigenvalue weighted by Crippen LogP contribution is -2.28. The average molecular weight is 341 g/mol. The zero-order valence-corrected chi connectivity index (χ0v) is 15.1. The highest BCUT2D eigenvalue weighted by molar-refractivity contribution is 7.90. The summed E-state index contributed by atoms with van der Waals surface area (Å²) in [6, 6.07) is 0. The molecule has 0 saturated carbocycles. The van der Waals surface area contributed by atoms with Crippen molar-refractivity contribution in [3.63, 3.8) is 0 Å². The predicted octanol–water partition coefficient (Wildman–Crippen LogP) is 1.86. The summed E-state index contributed by atoms with van der Waals surface area (Å²) in [4.78, 5) is 6.39. The van der Waals surface area contributed by atoms with Crippen molar-refractivity contribution < 1.29 is 13.2 Å². The Kier molecular flexibility index (Phi) is 6.00. The number of nitrogens with zero attached hydrogens (tertiary/aromatic N) is 3. The first-order valence-electron chi connectivity index (χ1n) is 8.04. The number of hydrogen-bond acceptors (Lipinski definition) is 5. The molecule has 0 aliphatic carbocycles. The lowest BCUT2D eigenvalue weighted by atomic mass is 10.2. The lowest BCUT2D eigenvalue weighted by Gasteiger charge is -2.22. The minimum absolute atomic E-state index is 0.0691.